The minimum Gasteiger partial charge on any atom is -0.378 e. The monoisotopic (exact) mass is 398 g/mol. The van der Waals surface area contributed by atoms with Gasteiger partial charge in [0.2, 0.25) is 5.91 Å². The van der Waals surface area contributed by atoms with E-state index in [1.54, 1.807) is 0 Å². The van der Waals surface area contributed by atoms with Crippen LogP contribution in [0.2, 0.25) is 0 Å². The van der Waals surface area contributed by atoms with Gasteiger partial charge >= 0.3 is 0 Å². The third-order valence-electron chi connectivity index (χ3n) is 5.10. The van der Waals surface area contributed by atoms with Crippen LogP contribution < -0.4 is 10.6 Å². The molecule has 0 bridgehead atoms. The number of aromatic nitrogens is 2. The van der Waals surface area contributed by atoms with Crippen molar-refractivity contribution in [3.8, 4) is 22.4 Å². The molecule has 0 amide bonds. The first kappa shape index (κ1) is 19.7. The van der Waals surface area contributed by atoms with Crippen LogP contribution in [0.15, 0.2) is 84.2 Å². The van der Waals surface area contributed by atoms with Gasteiger partial charge in [-0.05, 0) is 18.1 Å². The van der Waals surface area contributed by atoms with Crippen molar-refractivity contribution in [1.29, 1.82) is 0 Å². The first-order chi connectivity index (χ1) is 14.7. The van der Waals surface area contributed by atoms with Gasteiger partial charge in [0, 0.05) is 12.0 Å². The maximum atomic E-state index is 12.8. The van der Waals surface area contributed by atoms with Crippen molar-refractivity contribution in [2.75, 3.05) is 11.9 Å². The molecule has 30 heavy (non-hydrogen) atoms. The summed E-state index contributed by atoms with van der Waals surface area (Å²) in [4.78, 5) is 12.8. The lowest BCUT2D eigenvalue weighted by atomic mass is 10.0. The summed E-state index contributed by atoms with van der Waals surface area (Å²) in [7, 11) is 0. The van der Waals surface area contributed by atoms with Crippen LogP contribution in [-0.4, -0.2) is 22.2 Å². The van der Waals surface area contributed by atoms with Gasteiger partial charge in [0.05, 0.1) is 23.5 Å². The number of nitrogens with zero attached hydrogens (tertiary/aromatic N) is 2. The van der Waals surface area contributed by atoms with Gasteiger partial charge in [-0.25, -0.2) is 0 Å². The van der Waals surface area contributed by atoms with E-state index in [1.165, 1.54) is 4.68 Å². The highest BCUT2D eigenvalue weighted by Crippen LogP contribution is 2.39. The fraction of sp³-hybridized carbons (Fsp3) is 0.200. The molecule has 0 unspecified atom stereocenters. The molecule has 0 aliphatic carbocycles. The van der Waals surface area contributed by atoms with Gasteiger partial charge in [0.1, 0.15) is 11.5 Å². The van der Waals surface area contributed by atoms with Crippen LogP contribution in [0.3, 0.4) is 0 Å². The van der Waals surface area contributed by atoms with Gasteiger partial charge in [-0.1, -0.05) is 80.6 Å². The molecule has 5 heteroatoms. The molecule has 1 aliphatic rings. The van der Waals surface area contributed by atoms with Gasteiger partial charge in [-0.2, -0.15) is 9.78 Å². The van der Waals surface area contributed by atoms with E-state index in [1.807, 2.05) is 55.5 Å². The SMILES string of the molecule is CC/C=C\C1=C(Nc2c(-c3ccccc3)c(-c3ccccc3)nn2C(=O)CC)CN1. The molecule has 2 heterocycles. The van der Waals surface area contributed by atoms with Crippen LogP contribution in [0.4, 0.5) is 5.82 Å². The summed E-state index contributed by atoms with van der Waals surface area (Å²) >= 11 is 0. The Bertz CT molecular complexity index is 1090. The average molecular weight is 399 g/mol. The number of hydrogen-bond donors (Lipinski definition) is 2. The topological polar surface area (TPSA) is 59.0 Å². The standard InChI is InChI=1S/C25H26N4O/c1-3-5-16-20-21(17-26-20)27-25-23(18-12-8-6-9-13-18)24(19-14-10-7-11-15-19)28-29(25)22(30)4-2/h5-16,26-27H,3-4,17H2,1-2H3/b16-5-. The molecule has 0 saturated carbocycles. The van der Waals surface area contributed by atoms with Crippen LogP contribution in [-0.2, 0) is 0 Å². The minimum atomic E-state index is -0.0459. The van der Waals surface area contributed by atoms with Crippen molar-refractivity contribution < 1.29 is 4.79 Å². The minimum absolute atomic E-state index is 0.0459. The molecule has 0 radical (unpaired) electrons. The number of rotatable bonds is 7. The Morgan fingerprint density at radius 2 is 1.73 bits per heavy atom. The van der Waals surface area contributed by atoms with Crippen LogP contribution in [0.25, 0.3) is 22.4 Å². The first-order valence-corrected chi connectivity index (χ1v) is 10.4. The fourth-order valence-electron chi connectivity index (χ4n) is 3.47. The second kappa shape index (κ2) is 8.82. The number of benzene rings is 2. The molecule has 1 aromatic heterocycles. The molecule has 4 rings (SSSR count). The molecule has 0 spiro atoms. The number of anilines is 1. The number of nitrogens with one attached hydrogen (secondary N) is 2. The van der Waals surface area contributed by atoms with Crippen molar-refractivity contribution in [2.45, 2.75) is 26.7 Å². The zero-order valence-electron chi connectivity index (χ0n) is 17.4. The van der Waals surface area contributed by atoms with E-state index < -0.39 is 0 Å². The Labute approximate surface area is 177 Å². The summed E-state index contributed by atoms with van der Waals surface area (Å²) in [5.74, 6) is 0.668. The molecular weight excluding hydrogens is 372 g/mol. The first-order valence-electron chi connectivity index (χ1n) is 10.4. The fourth-order valence-corrected chi connectivity index (χ4v) is 3.47. The Kier molecular flexibility index (Phi) is 5.80. The molecule has 0 fully saturated rings. The average Bonchev–Trinajstić information content (AvgIpc) is 3.17. The summed E-state index contributed by atoms with van der Waals surface area (Å²) < 4.78 is 1.52. The van der Waals surface area contributed by atoms with Gasteiger partial charge in [0.25, 0.3) is 0 Å². The lowest BCUT2D eigenvalue weighted by molar-refractivity contribution is 0.0896. The van der Waals surface area contributed by atoms with Crippen LogP contribution in [0.1, 0.15) is 31.5 Å². The van der Waals surface area contributed by atoms with E-state index in [9.17, 15) is 4.79 Å². The zero-order valence-corrected chi connectivity index (χ0v) is 17.4. The highest BCUT2D eigenvalue weighted by atomic mass is 16.2. The number of allylic oxidation sites excluding steroid dienone is 2. The largest absolute Gasteiger partial charge is 0.378 e. The van der Waals surface area contributed by atoms with Crippen molar-refractivity contribution in [2.24, 2.45) is 0 Å². The molecular formula is C25H26N4O. The maximum absolute atomic E-state index is 12.8. The molecule has 1 aliphatic heterocycles. The van der Waals surface area contributed by atoms with E-state index in [-0.39, 0.29) is 5.91 Å². The van der Waals surface area contributed by atoms with E-state index >= 15 is 0 Å². The molecule has 0 saturated heterocycles. The molecule has 2 N–H and O–H groups in total. The Hall–Kier alpha value is -3.60. The molecule has 152 valence electrons. The molecule has 3 aromatic rings. The normalized spacial score (nSPS) is 13.3. The third kappa shape index (κ3) is 3.79. The highest BCUT2D eigenvalue weighted by molar-refractivity contribution is 5.95. The predicted octanol–water partition coefficient (Wildman–Crippen LogP) is 5.46. The van der Waals surface area contributed by atoms with E-state index in [4.69, 9.17) is 5.10 Å². The van der Waals surface area contributed by atoms with Gasteiger partial charge in [-0.15, -0.1) is 0 Å². The summed E-state index contributed by atoms with van der Waals surface area (Å²) in [6, 6.07) is 20.1. The van der Waals surface area contributed by atoms with E-state index in [2.05, 4.69) is 41.8 Å². The summed E-state index contributed by atoms with van der Waals surface area (Å²) in [6.45, 7) is 4.69. The smallest absolute Gasteiger partial charge is 0.248 e. The third-order valence-corrected chi connectivity index (χ3v) is 5.10. The predicted molar refractivity (Wildman–Crippen MR) is 122 cm³/mol. The second-order valence-electron chi connectivity index (χ2n) is 7.14. The van der Waals surface area contributed by atoms with Gasteiger partial charge in [-0.3, -0.25) is 4.79 Å². The number of carbonyl (C=O) groups is 1. The lowest BCUT2D eigenvalue weighted by Crippen LogP contribution is -2.34. The summed E-state index contributed by atoms with van der Waals surface area (Å²) in [5, 5.41) is 11.6. The summed E-state index contributed by atoms with van der Waals surface area (Å²) in [5.41, 5.74) is 5.84. The molecule has 5 nitrogen and oxygen atoms in total. The molecule has 0 atom stereocenters. The van der Waals surface area contributed by atoms with E-state index in [0.29, 0.717) is 12.2 Å². The quantitative estimate of drug-likeness (QED) is 0.555. The molecule has 2 aromatic carbocycles. The Balaban J connectivity index is 1.91. The maximum Gasteiger partial charge on any atom is 0.248 e. The number of hydrogen-bond acceptors (Lipinski definition) is 4. The zero-order chi connectivity index (χ0) is 20.9. The lowest BCUT2D eigenvalue weighted by Gasteiger charge is -2.26. The van der Waals surface area contributed by atoms with Gasteiger partial charge < -0.3 is 10.6 Å². The highest BCUT2D eigenvalue weighted by Gasteiger charge is 2.26. The van der Waals surface area contributed by atoms with Crippen molar-refractivity contribution in [3.05, 3.63) is 84.2 Å². The van der Waals surface area contributed by atoms with Crippen molar-refractivity contribution >= 4 is 11.7 Å². The Morgan fingerprint density at radius 1 is 1.07 bits per heavy atom. The Morgan fingerprint density at radius 3 is 2.30 bits per heavy atom. The van der Waals surface area contributed by atoms with Gasteiger partial charge in [0.15, 0.2) is 0 Å². The van der Waals surface area contributed by atoms with Crippen LogP contribution in [0, 0.1) is 0 Å². The summed E-state index contributed by atoms with van der Waals surface area (Å²) in [6.07, 6.45) is 5.54. The van der Waals surface area contributed by atoms with Crippen LogP contribution >= 0.6 is 0 Å². The van der Waals surface area contributed by atoms with Crippen molar-refractivity contribution in [1.82, 2.24) is 15.1 Å². The van der Waals surface area contributed by atoms with E-state index in [0.717, 1.165) is 46.7 Å². The second-order valence-corrected chi connectivity index (χ2v) is 7.14. The van der Waals surface area contributed by atoms with Crippen LogP contribution in [0.5, 0.6) is 0 Å². The number of carbonyl (C=O) groups excluding carboxylic acids is 1. The van der Waals surface area contributed by atoms with Crippen molar-refractivity contribution in [3.63, 3.8) is 0 Å².